The molecule has 0 aromatic carbocycles. The van der Waals surface area contributed by atoms with E-state index in [1.54, 1.807) is 0 Å². The van der Waals surface area contributed by atoms with Crippen LogP contribution in [0.3, 0.4) is 0 Å². The van der Waals surface area contributed by atoms with Crippen LogP contribution in [-0.4, -0.2) is 10.1 Å². The molecule has 1 aromatic heterocycles. The summed E-state index contributed by atoms with van der Waals surface area (Å²) in [6, 6.07) is 0. The largest absolute Gasteiger partial charge is 0.338 e. The Morgan fingerprint density at radius 1 is 1.45 bits per heavy atom. The van der Waals surface area contributed by atoms with Crippen molar-refractivity contribution in [2.75, 3.05) is 0 Å². The van der Waals surface area contributed by atoms with Gasteiger partial charge in [-0.15, -0.1) is 0 Å². The second kappa shape index (κ2) is 2.62. The van der Waals surface area contributed by atoms with Crippen LogP contribution >= 0.6 is 0 Å². The van der Waals surface area contributed by atoms with E-state index in [4.69, 9.17) is 10.3 Å². The molecule has 0 saturated carbocycles. The van der Waals surface area contributed by atoms with E-state index in [1.807, 2.05) is 20.8 Å². The van der Waals surface area contributed by atoms with Crippen molar-refractivity contribution in [3.63, 3.8) is 0 Å². The molecule has 0 aliphatic carbocycles. The van der Waals surface area contributed by atoms with E-state index in [0.717, 1.165) is 0 Å². The van der Waals surface area contributed by atoms with Crippen molar-refractivity contribution in [3.8, 4) is 0 Å². The van der Waals surface area contributed by atoms with Gasteiger partial charge in [0.1, 0.15) is 0 Å². The fourth-order valence-electron chi connectivity index (χ4n) is 0.642. The number of aromatic nitrogens is 2. The molecule has 0 bridgehead atoms. The molecule has 0 aliphatic heterocycles. The van der Waals surface area contributed by atoms with Crippen LogP contribution in [0.1, 0.15) is 32.5 Å². The number of hydrogen-bond donors (Lipinski definition) is 1. The van der Waals surface area contributed by atoms with Gasteiger partial charge in [0.05, 0.1) is 6.54 Å². The van der Waals surface area contributed by atoms with E-state index in [2.05, 4.69) is 10.1 Å². The van der Waals surface area contributed by atoms with Crippen LogP contribution in [0.25, 0.3) is 0 Å². The van der Waals surface area contributed by atoms with Crippen molar-refractivity contribution in [1.82, 2.24) is 10.1 Å². The molecule has 1 aromatic rings. The third-order valence-corrected chi connectivity index (χ3v) is 1.31. The van der Waals surface area contributed by atoms with E-state index < -0.39 is 0 Å². The zero-order valence-electron chi connectivity index (χ0n) is 7.09. The second-order valence-corrected chi connectivity index (χ2v) is 3.47. The fourth-order valence-corrected chi connectivity index (χ4v) is 0.642. The van der Waals surface area contributed by atoms with Crippen molar-refractivity contribution >= 4 is 0 Å². The fraction of sp³-hybridized carbons (Fsp3) is 0.714. The summed E-state index contributed by atoms with van der Waals surface area (Å²) in [6.45, 7) is 6.39. The lowest BCUT2D eigenvalue weighted by molar-refractivity contribution is 0.364. The van der Waals surface area contributed by atoms with Crippen molar-refractivity contribution in [2.24, 2.45) is 5.73 Å². The standard InChI is InChI=1S/C7H13N3O/c1-7(2,3)6-9-5(4-8)11-10-6/h4,8H2,1-3H3. The normalized spacial score (nSPS) is 12.0. The Bertz CT molecular complexity index is 236. The molecule has 0 spiro atoms. The van der Waals surface area contributed by atoms with Crippen LogP contribution in [0, 0.1) is 0 Å². The predicted octanol–water partition coefficient (Wildman–Crippen LogP) is 0.826. The van der Waals surface area contributed by atoms with Crippen LogP contribution < -0.4 is 5.73 Å². The molecule has 11 heavy (non-hydrogen) atoms. The molecule has 0 amide bonds. The van der Waals surface area contributed by atoms with E-state index in [9.17, 15) is 0 Å². The van der Waals surface area contributed by atoms with E-state index in [-0.39, 0.29) is 5.41 Å². The minimum atomic E-state index is -0.0586. The minimum absolute atomic E-state index is 0.0586. The topological polar surface area (TPSA) is 64.9 Å². The highest BCUT2D eigenvalue weighted by Crippen LogP contribution is 2.17. The van der Waals surface area contributed by atoms with Crippen LogP contribution in [0.2, 0.25) is 0 Å². The predicted molar refractivity (Wildman–Crippen MR) is 40.9 cm³/mol. The first-order chi connectivity index (χ1) is 5.04. The van der Waals surface area contributed by atoms with Gasteiger partial charge in [-0.2, -0.15) is 4.98 Å². The van der Waals surface area contributed by atoms with Crippen molar-refractivity contribution < 1.29 is 4.52 Å². The van der Waals surface area contributed by atoms with E-state index >= 15 is 0 Å². The molecule has 0 radical (unpaired) electrons. The number of nitrogens with zero attached hydrogens (tertiary/aromatic N) is 2. The maximum Gasteiger partial charge on any atom is 0.240 e. The minimum Gasteiger partial charge on any atom is -0.338 e. The first-order valence-corrected chi connectivity index (χ1v) is 3.57. The molecule has 2 N–H and O–H groups in total. The summed E-state index contributed by atoms with van der Waals surface area (Å²) in [5, 5.41) is 3.79. The van der Waals surface area contributed by atoms with E-state index in [0.29, 0.717) is 18.3 Å². The molecule has 0 saturated heterocycles. The maximum absolute atomic E-state index is 5.31. The Hall–Kier alpha value is -0.900. The van der Waals surface area contributed by atoms with E-state index in [1.165, 1.54) is 0 Å². The lowest BCUT2D eigenvalue weighted by Gasteiger charge is -2.10. The quantitative estimate of drug-likeness (QED) is 0.652. The number of rotatable bonds is 1. The smallest absolute Gasteiger partial charge is 0.240 e. The van der Waals surface area contributed by atoms with Crippen LogP contribution in [-0.2, 0) is 12.0 Å². The molecule has 4 nitrogen and oxygen atoms in total. The molecule has 0 atom stereocenters. The van der Waals surface area contributed by atoms with Crippen molar-refractivity contribution in [3.05, 3.63) is 11.7 Å². The van der Waals surface area contributed by atoms with Gasteiger partial charge in [0.2, 0.25) is 5.89 Å². The molecular formula is C7H13N3O. The Kier molecular flexibility index (Phi) is 1.95. The average Bonchev–Trinajstić information content (AvgIpc) is 2.32. The molecular weight excluding hydrogens is 142 g/mol. The lowest BCUT2D eigenvalue weighted by Crippen LogP contribution is -2.13. The SMILES string of the molecule is CC(C)(C)c1noc(CN)n1. The summed E-state index contributed by atoms with van der Waals surface area (Å²) in [5.41, 5.74) is 5.25. The zero-order valence-corrected chi connectivity index (χ0v) is 7.09. The Morgan fingerprint density at radius 2 is 2.09 bits per heavy atom. The van der Waals surface area contributed by atoms with Crippen LogP contribution in [0.4, 0.5) is 0 Å². The first kappa shape index (κ1) is 8.20. The Labute approximate surface area is 65.8 Å². The third-order valence-electron chi connectivity index (χ3n) is 1.31. The highest BCUT2D eigenvalue weighted by atomic mass is 16.5. The molecule has 0 aliphatic rings. The number of hydrogen-bond acceptors (Lipinski definition) is 4. The van der Waals surface area contributed by atoms with Gasteiger partial charge >= 0.3 is 0 Å². The summed E-state index contributed by atoms with van der Waals surface area (Å²) < 4.78 is 4.85. The van der Waals surface area contributed by atoms with Gasteiger partial charge < -0.3 is 10.3 Å². The van der Waals surface area contributed by atoms with Gasteiger partial charge in [0.15, 0.2) is 5.82 Å². The average molecular weight is 155 g/mol. The lowest BCUT2D eigenvalue weighted by atomic mass is 9.96. The third kappa shape index (κ3) is 1.77. The first-order valence-electron chi connectivity index (χ1n) is 3.57. The summed E-state index contributed by atoms with van der Waals surface area (Å²) in [5.74, 6) is 1.20. The van der Waals surface area contributed by atoms with Gasteiger partial charge in [-0.05, 0) is 0 Å². The highest BCUT2D eigenvalue weighted by molar-refractivity contribution is 4.99. The summed E-state index contributed by atoms with van der Waals surface area (Å²) in [6.07, 6.45) is 0. The van der Waals surface area contributed by atoms with Gasteiger partial charge in [-0.25, -0.2) is 0 Å². The maximum atomic E-state index is 5.31. The van der Waals surface area contributed by atoms with Crippen molar-refractivity contribution in [2.45, 2.75) is 32.7 Å². The second-order valence-electron chi connectivity index (χ2n) is 3.47. The number of nitrogens with two attached hydrogens (primary N) is 1. The summed E-state index contributed by atoms with van der Waals surface area (Å²) in [4.78, 5) is 4.10. The monoisotopic (exact) mass is 155 g/mol. The van der Waals surface area contributed by atoms with Gasteiger partial charge in [-0.1, -0.05) is 25.9 Å². The van der Waals surface area contributed by atoms with Gasteiger partial charge in [0.25, 0.3) is 0 Å². The molecule has 1 heterocycles. The highest BCUT2D eigenvalue weighted by Gasteiger charge is 2.20. The summed E-state index contributed by atoms with van der Waals surface area (Å²) in [7, 11) is 0. The molecule has 0 fully saturated rings. The molecule has 1 rings (SSSR count). The Balaban J connectivity index is 2.89. The molecule has 62 valence electrons. The van der Waals surface area contributed by atoms with Crippen molar-refractivity contribution in [1.29, 1.82) is 0 Å². The summed E-state index contributed by atoms with van der Waals surface area (Å²) >= 11 is 0. The molecule has 4 heteroatoms. The van der Waals surface area contributed by atoms with Crippen LogP contribution in [0.5, 0.6) is 0 Å². The zero-order chi connectivity index (χ0) is 8.48. The molecule has 0 unspecified atom stereocenters. The van der Waals surface area contributed by atoms with Gasteiger partial charge in [-0.3, -0.25) is 0 Å². The Morgan fingerprint density at radius 3 is 2.36 bits per heavy atom. The van der Waals surface area contributed by atoms with Crippen LogP contribution in [0.15, 0.2) is 4.52 Å². The van der Waals surface area contributed by atoms with Gasteiger partial charge in [0, 0.05) is 5.41 Å².